The number of aromatic nitrogens is 2. The molecular weight excluding hydrogens is 448 g/mol. The number of aromatic hydroxyl groups is 2. The van der Waals surface area contributed by atoms with Gasteiger partial charge in [-0.1, -0.05) is 49.2 Å². The molecule has 5 aromatic rings. The molecule has 1 aliphatic heterocycles. The van der Waals surface area contributed by atoms with Gasteiger partial charge in [0, 0.05) is 17.5 Å². The van der Waals surface area contributed by atoms with E-state index in [1.807, 2.05) is 36.4 Å². The molecular formula is C28H23ClN2O3. The van der Waals surface area contributed by atoms with Gasteiger partial charge in [-0.05, 0) is 64.4 Å². The number of phenolic OH excluding ortho intramolecular Hbond substituents is 2. The molecule has 0 saturated carbocycles. The fourth-order valence-electron chi connectivity index (χ4n) is 5.04. The second kappa shape index (κ2) is 7.96. The largest absolute Gasteiger partial charge is 0.508 e. The van der Waals surface area contributed by atoms with Crippen molar-refractivity contribution in [3.05, 3.63) is 88.5 Å². The van der Waals surface area contributed by atoms with E-state index in [0.29, 0.717) is 5.15 Å². The summed E-state index contributed by atoms with van der Waals surface area (Å²) in [6.07, 6.45) is 2.92. The summed E-state index contributed by atoms with van der Waals surface area (Å²) >= 11 is 6.78. The number of aryl methyl sites for hydroxylation is 1. The molecule has 0 amide bonds. The van der Waals surface area contributed by atoms with Gasteiger partial charge in [0.25, 0.3) is 0 Å². The van der Waals surface area contributed by atoms with Crippen molar-refractivity contribution < 1.29 is 14.9 Å². The average Bonchev–Trinajstić information content (AvgIpc) is 3.20. The number of fused-ring (bicyclic) bond motifs is 6. The second-order valence-corrected chi connectivity index (χ2v) is 9.15. The fourth-order valence-corrected chi connectivity index (χ4v) is 5.29. The minimum Gasteiger partial charge on any atom is -0.508 e. The Balaban J connectivity index is 1.68. The van der Waals surface area contributed by atoms with Crippen LogP contribution in [0.25, 0.3) is 21.5 Å². The van der Waals surface area contributed by atoms with Crippen molar-refractivity contribution in [3.63, 3.8) is 0 Å². The normalized spacial score (nSPS) is 13.1. The number of halogens is 1. The first-order chi connectivity index (χ1) is 16.5. The van der Waals surface area contributed by atoms with E-state index in [0.717, 1.165) is 75.0 Å². The maximum atomic E-state index is 10.1. The third kappa shape index (κ3) is 3.27. The van der Waals surface area contributed by atoms with Crippen molar-refractivity contribution >= 4 is 33.1 Å². The molecule has 6 heteroatoms. The summed E-state index contributed by atoms with van der Waals surface area (Å²) in [5.74, 6) is 2.51. The highest BCUT2D eigenvalue weighted by Gasteiger charge is 2.35. The van der Waals surface area contributed by atoms with Crippen LogP contribution in [0.4, 0.5) is 0 Å². The van der Waals surface area contributed by atoms with Crippen LogP contribution >= 0.6 is 11.6 Å². The summed E-state index contributed by atoms with van der Waals surface area (Å²) in [5.41, 5.74) is 2.76. The van der Waals surface area contributed by atoms with Gasteiger partial charge in [0.15, 0.2) is 5.15 Å². The number of benzene rings is 4. The van der Waals surface area contributed by atoms with Gasteiger partial charge < -0.3 is 19.9 Å². The lowest BCUT2D eigenvalue weighted by Gasteiger charge is -2.30. The highest BCUT2D eigenvalue weighted by atomic mass is 35.5. The molecule has 0 aliphatic carbocycles. The Morgan fingerprint density at radius 1 is 0.882 bits per heavy atom. The molecule has 0 saturated heterocycles. The number of ether oxygens (including phenoxy) is 1. The number of hydrogen-bond acceptors (Lipinski definition) is 4. The molecule has 2 heterocycles. The van der Waals surface area contributed by atoms with Gasteiger partial charge in [0.1, 0.15) is 28.8 Å². The van der Waals surface area contributed by atoms with Crippen LogP contribution in [0.3, 0.4) is 0 Å². The molecule has 4 aromatic carbocycles. The lowest BCUT2D eigenvalue weighted by Crippen LogP contribution is -2.14. The van der Waals surface area contributed by atoms with E-state index in [1.165, 1.54) is 0 Å². The van der Waals surface area contributed by atoms with Gasteiger partial charge in [-0.15, -0.1) is 0 Å². The predicted molar refractivity (Wildman–Crippen MR) is 134 cm³/mol. The van der Waals surface area contributed by atoms with Gasteiger partial charge >= 0.3 is 0 Å². The van der Waals surface area contributed by atoms with Gasteiger partial charge in [-0.2, -0.15) is 0 Å². The number of nitrogens with one attached hydrogen (secondary N) is 1. The molecule has 0 spiro atoms. The number of hydrogen-bond donors (Lipinski definition) is 3. The summed E-state index contributed by atoms with van der Waals surface area (Å²) in [4.78, 5) is 8.17. The SMILES string of the molecule is CCCCc1nc(Cl)c(C2c3c(ccc4cc(O)ccc34)Oc3ccc4cc(O)ccc4c32)[nH]1. The number of phenols is 2. The van der Waals surface area contributed by atoms with Crippen LogP contribution in [0.15, 0.2) is 60.7 Å². The van der Waals surface area contributed by atoms with Crippen molar-refractivity contribution in [2.75, 3.05) is 0 Å². The summed E-state index contributed by atoms with van der Waals surface area (Å²) in [5, 5.41) is 24.4. The number of imidazole rings is 1. The monoisotopic (exact) mass is 470 g/mol. The Morgan fingerprint density at radius 2 is 1.47 bits per heavy atom. The number of H-pyrrole nitrogens is 1. The number of unbranched alkanes of at least 4 members (excludes halogenated alkanes) is 1. The van der Waals surface area contributed by atoms with Crippen LogP contribution in [-0.4, -0.2) is 20.2 Å². The molecule has 0 atom stereocenters. The number of rotatable bonds is 4. The van der Waals surface area contributed by atoms with Gasteiger partial charge in [-0.25, -0.2) is 4.98 Å². The first-order valence-corrected chi connectivity index (χ1v) is 11.8. The molecule has 170 valence electrons. The lowest BCUT2D eigenvalue weighted by atomic mass is 9.81. The van der Waals surface area contributed by atoms with Crippen LogP contribution in [-0.2, 0) is 6.42 Å². The van der Waals surface area contributed by atoms with Crippen LogP contribution in [0, 0.1) is 0 Å². The Kier molecular flexibility index (Phi) is 4.89. The van der Waals surface area contributed by atoms with Crippen LogP contribution < -0.4 is 4.74 Å². The highest BCUT2D eigenvalue weighted by Crippen LogP contribution is 2.53. The minimum atomic E-state index is -0.268. The lowest BCUT2D eigenvalue weighted by molar-refractivity contribution is 0.455. The first kappa shape index (κ1) is 20.9. The number of nitrogens with zero attached hydrogens (tertiary/aromatic N) is 1. The maximum absolute atomic E-state index is 10.1. The molecule has 6 rings (SSSR count). The second-order valence-electron chi connectivity index (χ2n) is 8.79. The summed E-state index contributed by atoms with van der Waals surface area (Å²) in [7, 11) is 0. The van der Waals surface area contributed by atoms with Crippen LogP contribution in [0.1, 0.15) is 48.3 Å². The van der Waals surface area contributed by atoms with E-state index in [-0.39, 0.29) is 17.4 Å². The highest BCUT2D eigenvalue weighted by molar-refractivity contribution is 6.30. The zero-order valence-electron chi connectivity index (χ0n) is 18.6. The van der Waals surface area contributed by atoms with Crippen molar-refractivity contribution in [2.24, 2.45) is 0 Å². The van der Waals surface area contributed by atoms with Gasteiger partial charge in [-0.3, -0.25) is 0 Å². The third-order valence-corrected chi connectivity index (χ3v) is 6.89. The average molecular weight is 471 g/mol. The van der Waals surface area contributed by atoms with Gasteiger partial charge in [0.05, 0.1) is 11.6 Å². The Bertz CT molecular complexity index is 1480. The molecule has 34 heavy (non-hydrogen) atoms. The summed E-state index contributed by atoms with van der Waals surface area (Å²) < 4.78 is 6.42. The van der Waals surface area contributed by atoms with E-state index in [2.05, 4.69) is 16.9 Å². The van der Waals surface area contributed by atoms with E-state index in [1.54, 1.807) is 24.3 Å². The first-order valence-electron chi connectivity index (χ1n) is 11.5. The molecule has 3 N–H and O–H groups in total. The molecule has 1 aromatic heterocycles. The van der Waals surface area contributed by atoms with E-state index in [4.69, 9.17) is 16.3 Å². The number of aromatic amines is 1. The van der Waals surface area contributed by atoms with Crippen molar-refractivity contribution in [2.45, 2.75) is 32.1 Å². The Labute approximate surface area is 201 Å². The van der Waals surface area contributed by atoms with Crippen molar-refractivity contribution in [1.82, 2.24) is 9.97 Å². The fraction of sp³-hybridized carbons (Fsp3) is 0.179. The quantitative estimate of drug-likeness (QED) is 0.250. The van der Waals surface area contributed by atoms with Crippen LogP contribution in [0.5, 0.6) is 23.0 Å². The Morgan fingerprint density at radius 3 is 2.03 bits per heavy atom. The smallest absolute Gasteiger partial charge is 0.151 e. The molecule has 0 bridgehead atoms. The molecule has 5 nitrogen and oxygen atoms in total. The molecule has 0 unspecified atom stereocenters. The minimum absolute atomic E-state index is 0.212. The molecule has 0 fully saturated rings. The summed E-state index contributed by atoms with van der Waals surface area (Å²) in [6.45, 7) is 2.15. The van der Waals surface area contributed by atoms with E-state index < -0.39 is 0 Å². The van der Waals surface area contributed by atoms with Gasteiger partial charge in [0.2, 0.25) is 0 Å². The topological polar surface area (TPSA) is 78.4 Å². The van der Waals surface area contributed by atoms with Crippen LogP contribution in [0.2, 0.25) is 5.15 Å². The maximum Gasteiger partial charge on any atom is 0.151 e. The zero-order valence-corrected chi connectivity index (χ0v) is 19.4. The van der Waals surface area contributed by atoms with E-state index in [9.17, 15) is 10.2 Å². The third-order valence-electron chi connectivity index (χ3n) is 6.60. The predicted octanol–water partition coefficient (Wildman–Crippen LogP) is 7.41. The van der Waals surface area contributed by atoms with Crippen molar-refractivity contribution in [3.8, 4) is 23.0 Å². The summed E-state index contributed by atoms with van der Waals surface area (Å²) in [6, 6.07) is 18.5. The molecule has 1 aliphatic rings. The molecule has 0 radical (unpaired) electrons. The zero-order chi connectivity index (χ0) is 23.4. The Hall–Kier alpha value is -3.70. The standard InChI is InChI=1S/C28H23ClN2O3/c1-2-3-4-23-30-27(28(29)31-23)26-24-19-9-7-17(32)13-15(19)5-11-21(24)34-22-12-6-16-14-18(33)8-10-20(16)25(22)26/h5-14,26,32-33H,2-4H2,1H3,(H,30,31). The van der Waals surface area contributed by atoms with E-state index >= 15 is 0 Å². The van der Waals surface area contributed by atoms with Crippen molar-refractivity contribution in [1.29, 1.82) is 0 Å².